The number of ether oxygens (including phenoxy) is 2. The van der Waals surface area contributed by atoms with E-state index in [2.05, 4.69) is 0 Å². The van der Waals surface area contributed by atoms with Crippen molar-refractivity contribution in [3.63, 3.8) is 0 Å². The van der Waals surface area contributed by atoms with Gasteiger partial charge in [-0.1, -0.05) is 18.5 Å². The van der Waals surface area contributed by atoms with Crippen LogP contribution in [-0.4, -0.2) is 24.0 Å². The van der Waals surface area contributed by atoms with Crippen LogP contribution in [0.3, 0.4) is 0 Å². The summed E-state index contributed by atoms with van der Waals surface area (Å²) in [6.07, 6.45) is 0.0149. The van der Waals surface area contributed by atoms with E-state index in [4.69, 9.17) is 21.1 Å². The predicted octanol–water partition coefficient (Wildman–Crippen LogP) is 5.32. The Hall–Kier alpha value is -2.33. The second kappa shape index (κ2) is 9.56. The number of esters is 1. The van der Waals surface area contributed by atoms with Crippen LogP contribution in [0.1, 0.15) is 50.0 Å². The molecule has 0 spiro atoms. The summed E-state index contributed by atoms with van der Waals surface area (Å²) in [6, 6.07) is 13.8. The molecule has 2 unspecified atom stereocenters. The number of hydrogen-bond acceptors (Lipinski definition) is 4. The first kappa shape index (κ1) is 21.0. The van der Waals surface area contributed by atoms with Gasteiger partial charge >= 0.3 is 5.97 Å². The van der Waals surface area contributed by atoms with Gasteiger partial charge in [0.25, 0.3) is 0 Å². The molecular formula is C22H25ClO4. The first-order valence-electron chi connectivity index (χ1n) is 9.02. The second-order valence-electron chi connectivity index (χ2n) is 6.90. The average Bonchev–Trinajstić information content (AvgIpc) is 2.61. The van der Waals surface area contributed by atoms with Crippen molar-refractivity contribution < 1.29 is 19.1 Å². The Morgan fingerprint density at radius 3 is 1.93 bits per heavy atom. The Morgan fingerprint density at radius 2 is 1.41 bits per heavy atom. The number of ketones is 1. The van der Waals surface area contributed by atoms with Gasteiger partial charge in [0.15, 0.2) is 5.78 Å². The standard InChI is InChI=1S/C22H25ClO4/c1-14(2)26-21(24)13-15(3)16(4)27-20-11-7-18(8-12-20)22(25)17-5-9-19(23)10-6-17/h5-12,14-16H,13H2,1-4H3. The quantitative estimate of drug-likeness (QED) is 0.454. The van der Waals surface area contributed by atoms with E-state index in [1.165, 1.54) is 0 Å². The fraction of sp³-hybridized carbons (Fsp3) is 0.364. The summed E-state index contributed by atoms with van der Waals surface area (Å²) in [5.41, 5.74) is 1.16. The molecule has 0 N–H and O–H groups in total. The topological polar surface area (TPSA) is 52.6 Å². The molecule has 0 saturated carbocycles. The van der Waals surface area contributed by atoms with Crippen molar-refractivity contribution in [1.29, 1.82) is 0 Å². The molecule has 4 nitrogen and oxygen atoms in total. The molecule has 0 amide bonds. The summed E-state index contributed by atoms with van der Waals surface area (Å²) < 4.78 is 11.1. The van der Waals surface area contributed by atoms with Crippen molar-refractivity contribution in [1.82, 2.24) is 0 Å². The molecule has 2 atom stereocenters. The Bertz CT molecular complexity index is 766. The van der Waals surface area contributed by atoms with Crippen LogP contribution in [-0.2, 0) is 9.53 Å². The smallest absolute Gasteiger partial charge is 0.306 e. The molecule has 0 aliphatic rings. The van der Waals surface area contributed by atoms with Crippen molar-refractivity contribution in [2.45, 2.75) is 46.3 Å². The van der Waals surface area contributed by atoms with Crippen LogP contribution in [0.5, 0.6) is 5.75 Å². The van der Waals surface area contributed by atoms with Crippen LogP contribution in [0.25, 0.3) is 0 Å². The maximum absolute atomic E-state index is 12.5. The third kappa shape index (κ3) is 6.40. The molecule has 5 heteroatoms. The zero-order valence-corrected chi connectivity index (χ0v) is 16.8. The van der Waals surface area contributed by atoms with E-state index in [-0.39, 0.29) is 29.9 Å². The highest BCUT2D eigenvalue weighted by Crippen LogP contribution is 2.21. The first-order valence-corrected chi connectivity index (χ1v) is 9.40. The minimum atomic E-state index is -0.225. The summed E-state index contributed by atoms with van der Waals surface area (Å²) in [4.78, 5) is 24.2. The normalized spacial score (nSPS) is 13.1. The van der Waals surface area contributed by atoms with Gasteiger partial charge in [0.05, 0.1) is 18.6 Å². The Kier molecular flexibility index (Phi) is 7.43. The number of hydrogen-bond donors (Lipinski definition) is 0. The number of carbonyl (C=O) groups is 2. The molecule has 0 heterocycles. The van der Waals surface area contributed by atoms with Crippen LogP contribution >= 0.6 is 11.6 Å². The third-order valence-corrected chi connectivity index (χ3v) is 4.45. The number of rotatable bonds is 8. The van der Waals surface area contributed by atoms with Crippen molar-refractivity contribution >= 4 is 23.4 Å². The molecule has 0 radical (unpaired) electrons. The summed E-state index contributed by atoms with van der Waals surface area (Å²) in [6.45, 7) is 7.52. The van der Waals surface area contributed by atoms with Gasteiger partial charge in [-0.3, -0.25) is 9.59 Å². The lowest BCUT2D eigenvalue weighted by Gasteiger charge is -2.21. The van der Waals surface area contributed by atoms with Gasteiger partial charge < -0.3 is 9.47 Å². The van der Waals surface area contributed by atoms with Gasteiger partial charge in [0, 0.05) is 22.1 Å². The Morgan fingerprint density at radius 1 is 0.889 bits per heavy atom. The lowest BCUT2D eigenvalue weighted by atomic mass is 10.0. The number of carbonyl (C=O) groups excluding carboxylic acids is 2. The van der Waals surface area contributed by atoms with E-state index in [0.29, 0.717) is 28.3 Å². The highest BCUT2D eigenvalue weighted by molar-refractivity contribution is 6.30. The third-order valence-electron chi connectivity index (χ3n) is 4.20. The molecule has 2 aromatic rings. The van der Waals surface area contributed by atoms with Crippen LogP contribution in [0.15, 0.2) is 48.5 Å². The first-order chi connectivity index (χ1) is 12.8. The van der Waals surface area contributed by atoms with Crippen molar-refractivity contribution in [3.8, 4) is 5.75 Å². The lowest BCUT2D eigenvalue weighted by molar-refractivity contribution is -0.149. The Labute approximate surface area is 165 Å². The van der Waals surface area contributed by atoms with Crippen LogP contribution in [0, 0.1) is 5.92 Å². The SMILES string of the molecule is CC(C)OC(=O)CC(C)C(C)Oc1ccc(C(=O)c2ccc(Cl)cc2)cc1. The van der Waals surface area contributed by atoms with Gasteiger partial charge in [-0.05, 0) is 69.3 Å². The van der Waals surface area contributed by atoms with Crippen molar-refractivity contribution in [2.75, 3.05) is 0 Å². The molecule has 0 bridgehead atoms. The van der Waals surface area contributed by atoms with E-state index < -0.39 is 0 Å². The second-order valence-corrected chi connectivity index (χ2v) is 7.34. The molecular weight excluding hydrogens is 364 g/mol. The van der Waals surface area contributed by atoms with Crippen molar-refractivity contribution in [3.05, 3.63) is 64.7 Å². The number of benzene rings is 2. The maximum Gasteiger partial charge on any atom is 0.306 e. The zero-order valence-electron chi connectivity index (χ0n) is 16.1. The van der Waals surface area contributed by atoms with Gasteiger partial charge in [0.1, 0.15) is 5.75 Å². The maximum atomic E-state index is 12.5. The molecule has 0 aliphatic heterocycles. The fourth-order valence-corrected chi connectivity index (χ4v) is 2.65. The molecule has 27 heavy (non-hydrogen) atoms. The van der Waals surface area contributed by atoms with Gasteiger partial charge in [-0.2, -0.15) is 0 Å². The fourth-order valence-electron chi connectivity index (χ4n) is 2.52. The summed E-state index contributed by atoms with van der Waals surface area (Å²) in [5, 5.41) is 0.593. The predicted molar refractivity (Wildman–Crippen MR) is 106 cm³/mol. The minimum absolute atomic E-state index is 0.00613. The molecule has 144 valence electrons. The van der Waals surface area contributed by atoms with Gasteiger partial charge in [-0.15, -0.1) is 0 Å². The molecule has 0 aromatic heterocycles. The van der Waals surface area contributed by atoms with Crippen LogP contribution < -0.4 is 4.74 Å². The van der Waals surface area contributed by atoms with Crippen LogP contribution in [0.4, 0.5) is 0 Å². The molecule has 2 rings (SSSR count). The summed E-state index contributed by atoms with van der Waals surface area (Å²) >= 11 is 5.86. The van der Waals surface area contributed by atoms with Crippen LogP contribution in [0.2, 0.25) is 5.02 Å². The lowest BCUT2D eigenvalue weighted by Crippen LogP contribution is -2.25. The molecule has 0 fully saturated rings. The largest absolute Gasteiger partial charge is 0.490 e. The van der Waals surface area contributed by atoms with E-state index >= 15 is 0 Å². The van der Waals surface area contributed by atoms with Crippen molar-refractivity contribution in [2.24, 2.45) is 5.92 Å². The van der Waals surface area contributed by atoms with E-state index in [1.54, 1.807) is 48.5 Å². The van der Waals surface area contributed by atoms with E-state index in [1.807, 2.05) is 27.7 Å². The van der Waals surface area contributed by atoms with Gasteiger partial charge in [0.2, 0.25) is 0 Å². The highest BCUT2D eigenvalue weighted by Gasteiger charge is 2.19. The van der Waals surface area contributed by atoms with E-state index in [0.717, 1.165) is 0 Å². The monoisotopic (exact) mass is 388 g/mol. The zero-order chi connectivity index (χ0) is 20.0. The van der Waals surface area contributed by atoms with Gasteiger partial charge in [-0.25, -0.2) is 0 Å². The number of halogens is 1. The minimum Gasteiger partial charge on any atom is -0.490 e. The highest BCUT2D eigenvalue weighted by atomic mass is 35.5. The Balaban J connectivity index is 1.95. The molecule has 0 aliphatic carbocycles. The average molecular weight is 389 g/mol. The van der Waals surface area contributed by atoms with E-state index in [9.17, 15) is 9.59 Å². The molecule has 0 saturated heterocycles. The summed E-state index contributed by atoms with van der Waals surface area (Å²) in [7, 11) is 0. The molecule has 2 aromatic carbocycles. The summed E-state index contributed by atoms with van der Waals surface area (Å²) in [5.74, 6) is 0.360.